The van der Waals surface area contributed by atoms with Crippen LogP contribution >= 0.6 is 0 Å². The van der Waals surface area contributed by atoms with Crippen LogP contribution in [0.3, 0.4) is 0 Å². The van der Waals surface area contributed by atoms with Crippen LogP contribution in [0.5, 0.6) is 0 Å². The molecule has 13 heteroatoms. The maximum absolute atomic E-state index is 13.5. The van der Waals surface area contributed by atoms with Gasteiger partial charge in [-0.25, -0.2) is 14.8 Å². The number of carbonyl (C=O) groups is 5. The monoisotopic (exact) mass is 798 g/mol. The minimum Gasteiger partial charge on any atom is -0.657 e. The molecule has 0 saturated carbocycles. The molecule has 55 heavy (non-hydrogen) atoms. The first kappa shape index (κ1) is 42.7. The summed E-state index contributed by atoms with van der Waals surface area (Å²) in [6.07, 6.45) is 0.580. The number of rotatable bonds is 11. The van der Waals surface area contributed by atoms with Crippen molar-refractivity contribution >= 4 is 73.8 Å². The van der Waals surface area contributed by atoms with E-state index < -0.39 is 29.7 Å². The molecular weight excluding hydrogens is 754 g/mol. The van der Waals surface area contributed by atoms with Gasteiger partial charge in [0.2, 0.25) is 0 Å². The topological polar surface area (TPSA) is 167 Å². The van der Waals surface area contributed by atoms with Crippen LogP contribution < -0.4 is 9.97 Å². The predicted molar refractivity (Wildman–Crippen MR) is 205 cm³/mol. The molecule has 0 aromatic carbocycles. The normalized spacial score (nSPS) is 13.1. The van der Waals surface area contributed by atoms with Crippen LogP contribution in [-0.2, 0) is 59.3 Å². The summed E-state index contributed by atoms with van der Waals surface area (Å²) in [5, 5.41) is 0. The Kier molecular flexibility index (Phi) is 13.3. The Morgan fingerprint density at radius 3 is 1.87 bits per heavy atom. The van der Waals surface area contributed by atoms with Crippen molar-refractivity contribution in [2.24, 2.45) is 5.92 Å². The van der Waals surface area contributed by atoms with E-state index in [0.717, 1.165) is 22.3 Å². The second-order valence-corrected chi connectivity index (χ2v) is 13.8. The quantitative estimate of drug-likeness (QED) is 0.0862. The fourth-order valence-corrected chi connectivity index (χ4v) is 7.71. The molecule has 5 rings (SSSR count). The molecule has 2 aliphatic heterocycles. The number of ether oxygens (including phenoxy) is 3. The molecule has 12 nitrogen and oxygen atoms in total. The zero-order chi connectivity index (χ0) is 39.8. The largest absolute Gasteiger partial charge is 2.00 e. The molecule has 5 heterocycles. The van der Waals surface area contributed by atoms with Crippen LogP contribution in [0.15, 0.2) is 18.2 Å². The average molecular weight is 800 g/mol. The Hall–Kier alpha value is -5.03. The molecule has 1 atom stereocenters. The second-order valence-electron chi connectivity index (χ2n) is 13.8. The summed E-state index contributed by atoms with van der Waals surface area (Å²) in [7, 11) is 3.87. The van der Waals surface area contributed by atoms with Crippen molar-refractivity contribution < 1.29 is 57.7 Å². The van der Waals surface area contributed by atoms with Crippen LogP contribution in [0.4, 0.5) is 0 Å². The Bertz CT molecular complexity index is 2330. The predicted octanol–water partition coefficient (Wildman–Crippen LogP) is 6.81. The van der Waals surface area contributed by atoms with Gasteiger partial charge in [0.1, 0.15) is 11.6 Å². The zero-order valence-corrected chi connectivity index (χ0v) is 36.4. The number of aryl methyl sites for hydroxylation is 2. The van der Waals surface area contributed by atoms with Crippen LogP contribution in [-0.4, -0.2) is 60.8 Å². The van der Waals surface area contributed by atoms with Gasteiger partial charge < -0.3 is 24.2 Å². The maximum atomic E-state index is 13.5. The molecule has 0 radical (unpaired) electrons. The molecule has 284 valence electrons. The first-order chi connectivity index (χ1) is 25.6. The van der Waals surface area contributed by atoms with Gasteiger partial charge in [0.15, 0.2) is 0 Å². The van der Waals surface area contributed by atoms with Gasteiger partial charge in [-0.3, -0.25) is 19.2 Å². The van der Waals surface area contributed by atoms with E-state index in [2.05, 4.69) is 0 Å². The van der Waals surface area contributed by atoms with E-state index >= 15 is 0 Å². The molecular formula is C42H46N4O8Zn. The second kappa shape index (κ2) is 17.2. The van der Waals surface area contributed by atoms with E-state index in [4.69, 9.17) is 34.1 Å². The summed E-state index contributed by atoms with van der Waals surface area (Å²) in [6, 6.07) is 5.53. The molecule has 0 saturated heterocycles. The van der Waals surface area contributed by atoms with E-state index in [-0.39, 0.29) is 61.4 Å². The third-order valence-electron chi connectivity index (χ3n) is 10.6. The number of Topliss-reactive ketones (excluding diaryl/α,β-unsaturated/α-hetero) is 2. The number of fused-ring (bicyclic) bond motifs is 8. The van der Waals surface area contributed by atoms with Crippen LogP contribution in [0.2, 0.25) is 0 Å². The van der Waals surface area contributed by atoms with Crippen molar-refractivity contribution in [3.63, 3.8) is 0 Å². The summed E-state index contributed by atoms with van der Waals surface area (Å²) in [4.78, 5) is 85.0. The molecule has 3 aromatic heterocycles. The first-order valence-corrected chi connectivity index (χ1v) is 17.9. The van der Waals surface area contributed by atoms with Gasteiger partial charge in [0, 0.05) is 12.0 Å². The van der Waals surface area contributed by atoms with Gasteiger partial charge in [-0.2, -0.15) is 0 Å². The molecule has 8 bridgehead atoms. The SMILES string of the molecule is CCC1=C(C)c2cc3[n-]c(cc4nc(c(CC(=O)OC)c5[n-]c(cc1n2)c(C)c5C(=O)OC)C(CCC(=O)OC)=C4C)c(C)c3C(C)C(C(C)=O)C(C)=O.[Zn+2]. The summed E-state index contributed by atoms with van der Waals surface area (Å²) >= 11 is 0. The number of hydrogen-bond donors (Lipinski definition) is 0. The van der Waals surface area contributed by atoms with Crippen LogP contribution in [0.25, 0.3) is 44.4 Å². The molecule has 2 aliphatic rings. The van der Waals surface area contributed by atoms with Gasteiger partial charge in [-0.15, -0.1) is 22.1 Å². The number of esters is 3. The first-order valence-electron chi connectivity index (χ1n) is 17.9. The van der Waals surface area contributed by atoms with E-state index in [1.807, 2.05) is 52.8 Å². The number of carbonyl (C=O) groups excluding carboxylic acids is 5. The van der Waals surface area contributed by atoms with Crippen molar-refractivity contribution in [1.29, 1.82) is 0 Å². The number of methoxy groups -OCH3 is 3. The standard InChI is InChI=1S/C42H47N4O8.Zn/c1-12-26-19(2)29-18-34-37(23(6)38(24(7)47)25(8)48)21(4)31(44-34)16-30-20(3)27(13-14-35(49)52-9)40(45-30)28(15-36(50)53-10)41-39(42(51)54-11)22(5)32(46-41)17-33(26)43-29;/h16-18,23,38H,12-15H2,1-11H3,(H-,43,44,45,46,51);/q-1;+2/p-1. The van der Waals surface area contributed by atoms with Gasteiger partial charge >= 0.3 is 37.4 Å². The Balaban J connectivity index is 0.00000673. The fourth-order valence-electron chi connectivity index (χ4n) is 7.71. The smallest absolute Gasteiger partial charge is 0.657 e. The third-order valence-corrected chi connectivity index (χ3v) is 10.6. The van der Waals surface area contributed by atoms with Crippen molar-refractivity contribution in [3.05, 3.63) is 68.8 Å². The third kappa shape index (κ3) is 8.03. The van der Waals surface area contributed by atoms with Gasteiger partial charge in [-0.1, -0.05) is 48.7 Å². The molecule has 0 fully saturated rings. The molecule has 0 amide bonds. The van der Waals surface area contributed by atoms with Crippen molar-refractivity contribution in [2.75, 3.05) is 21.3 Å². The zero-order valence-electron chi connectivity index (χ0n) is 33.5. The Morgan fingerprint density at radius 2 is 1.29 bits per heavy atom. The number of nitrogens with zero attached hydrogens (tertiary/aromatic N) is 4. The number of aromatic nitrogens is 4. The molecule has 0 spiro atoms. The molecule has 0 aliphatic carbocycles. The minimum atomic E-state index is -0.874. The van der Waals surface area contributed by atoms with Crippen LogP contribution in [0, 0.1) is 19.8 Å². The number of ketones is 2. The summed E-state index contributed by atoms with van der Waals surface area (Å²) in [6.45, 7) is 14.3. The van der Waals surface area contributed by atoms with E-state index in [0.29, 0.717) is 68.0 Å². The Labute approximate surface area is 333 Å². The minimum absolute atomic E-state index is 0. The number of allylic oxidation sites excluding steroid dienone is 4. The van der Waals surface area contributed by atoms with Gasteiger partial charge in [-0.05, 0) is 88.2 Å². The maximum Gasteiger partial charge on any atom is 2.00 e. The average Bonchev–Trinajstić information content (AvgIpc) is 3.81. The van der Waals surface area contributed by atoms with E-state index in [1.54, 1.807) is 6.92 Å². The summed E-state index contributed by atoms with van der Waals surface area (Å²) in [5.74, 6) is -3.50. The van der Waals surface area contributed by atoms with Crippen molar-refractivity contribution in [3.8, 4) is 0 Å². The van der Waals surface area contributed by atoms with E-state index in [1.165, 1.54) is 35.2 Å². The molecule has 0 N–H and O–H groups in total. The van der Waals surface area contributed by atoms with E-state index in [9.17, 15) is 24.0 Å². The van der Waals surface area contributed by atoms with Gasteiger partial charge in [0.25, 0.3) is 0 Å². The molecule has 1 unspecified atom stereocenters. The molecule has 3 aromatic rings. The van der Waals surface area contributed by atoms with Crippen molar-refractivity contribution in [2.45, 2.75) is 87.0 Å². The number of hydrogen-bond acceptors (Lipinski definition) is 10. The fraction of sp³-hybridized carbons (Fsp3) is 0.405. The Morgan fingerprint density at radius 1 is 0.727 bits per heavy atom. The van der Waals surface area contributed by atoms with Crippen molar-refractivity contribution in [1.82, 2.24) is 19.9 Å². The van der Waals surface area contributed by atoms with Crippen LogP contribution in [0.1, 0.15) is 122 Å². The van der Waals surface area contributed by atoms with Gasteiger partial charge in [0.05, 0.1) is 56.4 Å². The summed E-state index contributed by atoms with van der Waals surface area (Å²) < 4.78 is 15.3. The summed E-state index contributed by atoms with van der Waals surface area (Å²) in [5.41, 5.74) is 9.78.